The third-order valence-corrected chi connectivity index (χ3v) is 3.42. The lowest BCUT2D eigenvalue weighted by atomic mass is 10.2. The number of nitrogens with zero attached hydrogens (tertiary/aromatic N) is 1. The van der Waals surface area contributed by atoms with Crippen molar-refractivity contribution < 1.29 is 4.74 Å². The third-order valence-electron chi connectivity index (χ3n) is 3.21. The van der Waals surface area contributed by atoms with E-state index in [1.54, 1.807) is 6.20 Å². The standard InChI is InChI=1S/C16H18N2O2S/c1-12-16(20-11-13-5-3-2-4-6-13)14(19)7-9-18(12)10-8-15(17)21/h2-7,9H,8,10-11H2,1H3,(H2,17,21). The molecule has 0 atom stereocenters. The molecular formula is C16H18N2O2S. The molecule has 5 heteroatoms. The molecule has 21 heavy (non-hydrogen) atoms. The Morgan fingerprint density at radius 2 is 2.00 bits per heavy atom. The maximum atomic E-state index is 12.0. The quantitative estimate of drug-likeness (QED) is 0.833. The summed E-state index contributed by atoms with van der Waals surface area (Å²) in [6, 6.07) is 11.3. The van der Waals surface area contributed by atoms with Gasteiger partial charge in [0, 0.05) is 25.2 Å². The molecule has 0 radical (unpaired) electrons. The van der Waals surface area contributed by atoms with E-state index in [1.807, 2.05) is 41.8 Å². The fourth-order valence-electron chi connectivity index (χ4n) is 2.03. The lowest BCUT2D eigenvalue weighted by molar-refractivity contribution is 0.297. The van der Waals surface area contributed by atoms with Gasteiger partial charge in [0.05, 0.1) is 10.7 Å². The van der Waals surface area contributed by atoms with E-state index in [0.29, 0.717) is 30.3 Å². The van der Waals surface area contributed by atoms with Crippen LogP contribution in [-0.4, -0.2) is 9.56 Å². The second-order valence-electron chi connectivity index (χ2n) is 4.78. The highest BCUT2D eigenvalue weighted by atomic mass is 32.1. The lowest BCUT2D eigenvalue weighted by Gasteiger charge is -2.14. The van der Waals surface area contributed by atoms with Crippen molar-refractivity contribution in [2.45, 2.75) is 26.5 Å². The minimum absolute atomic E-state index is 0.116. The summed E-state index contributed by atoms with van der Waals surface area (Å²) in [5.74, 6) is 0.379. The zero-order valence-electron chi connectivity index (χ0n) is 11.9. The molecule has 2 rings (SSSR count). The van der Waals surface area contributed by atoms with Gasteiger partial charge in [-0.1, -0.05) is 42.5 Å². The number of rotatable bonds is 6. The van der Waals surface area contributed by atoms with E-state index in [1.165, 1.54) is 6.07 Å². The average molecular weight is 302 g/mol. The predicted molar refractivity (Wildman–Crippen MR) is 87.6 cm³/mol. The number of nitrogens with two attached hydrogens (primary N) is 1. The van der Waals surface area contributed by atoms with Crippen LogP contribution in [0.5, 0.6) is 5.75 Å². The van der Waals surface area contributed by atoms with Gasteiger partial charge in [-0.15, -0.1) is 0 Å². The van der Waals surface area contributed by atoms with Crippen molar-refractivity contribution >= 4 is 17.2 Å². The molecule has 4 nitrogen and oxygen atoms in total. The minimum Gasteiger partial charge on any atom is -0.483 e. The highest BCUT2D eigenvalue weighted by Gasteiger charge is 2.09. The van der Waals surface area contributed by atoms with E-state index in [-0.39, 0.29) is 5.43 Å². The maximum Gasteiger partial charge on any atom is 0.223 e. The minimum atomic E-state index is -0.116. The Hall–Kier alpha value is -2.14. The zero-order valence-corrected chi connectivity index (χ0v) is 12.7. The van der Waals surface area contributed by atoms with E-state index in [0.717, 1.165) is 11.3 Å². The van der Waals surface area contributed by atoms with Gasteiger partial charge in [-0.25, -0.2) is 0 Å². The van der Waals surface area contributed by atoms with Crippen LogP contribution in [0, 0.1) is 6.92 Å². The van der Waals surface area contributed by atoms with Gasteiger partial charge < -0.3 is 15.0 Å². The molecule has 0 aliphatic heterocycles. The first-order chi connectivity index (χ1) is 10.1. The van der Waals surface area contributed by atoms with Gasteiger partial charge in [0.25, 0.3) is 0 Å². The number of hydrogen-bond acceptors (Lipinski definition) is 3. The van der Waals surface area contributed by atoms with Gasteiger partial charge in [0.15, 0.2) is 5.75 Å². The highest BCUT2D eigenvalue weighted by molar-refractivity contribution is 7.80. The topological polar surface area (TPSA) is 57.2 Å². The van der Waals surface area contributed by atoms with Gasteiger partial charge in [-0.2, -0.15) is 0 Å². The summed E-state index contributed by atoms with van der Waals surface area (Å²) in [5, 5.41) is 0. The Kier molecular flexibility index (Phi) is 5.11. The predicted octanol–water partition coefficient (Wildman–Crippen LogP) is 2.41. The molecule has 0 bridgehead atoms. The molecule has 2 aromatic rings. The molecule has 0 spiro atoms. The number of pyridine rings is 1. The lowest BCUT2D eigenvalue weighted by Crippen LogP contribution is -2.17. The van der Waals surface area contributed by atoms with Crippen molar-refractivity contribution in [3.63, 3.8) is 0 Å². The summed E-state index contributed by atoms with van der Waals surface area (Å²) in [6.07, 6.45) is 2.34. The first-order valence-corrected chi connectivity index (χ1v) is 7.14. The number of ether oxygens (including phenoxy) is 1. The fourth-order valence-corrected chi connectivity index (χ4v) is 2.12. The number of hydrogen-bond donors (Lipinski definition) is 1. The van der Waals surface area contributed by atoms with Crippen molar-refractivity contribution in [3.05, 3.63) is 64.1 Å². The molecule has 0 aliphatic rings. The zero-order chi connectivity index (χ0) is 15.2. The van der Waals surface area contributed by atoms with Crippen molar-refractivity contribution in [2.24, 2.45) is 5.73 Å². The highest BCUT2D eigenvalue weighted by Crippen LogP contribution is 2.14. The molecule has 1 aromatic carbocycles. The number of benzene rings is 1. The smallest absolute Gasteiger partial charge is 0.223 e. The van der Waals surface area contributed by atoms with Crippen LogP contribution in [0.3, 0.4) is 0 Å². The first-order valence-electron chi connectivity index (χ1n) is 6.73. The van der Waals surface area contributed by atoms with E-state index < -0.39 is 0 Å². The fraction of sp³-hybridized carbons (Fsp3) is 0.250. The second kappa shape index (κ2) is 7.04. The van der Waals surface area contributed by atoms with Gasteiger partial charge >= 0.3 is 0 Å². The van der Waals surface area contributed by atoms with Crippen LogP contribution < -0.4 is 15.9 Å². The Morgan fingerprint density at radius 1 is 1.29 bits per heavy atom. The van der Waals surface area contributed by atoms with Crippen LogP contribution in [0.4, 0.5) is 0 Å². The van der Waals surface area contributed by atoms with Crippen molar-refractivity contribution in [2.75, 3.05) is 0 Å². The van der Waals surface area contributed by atoms with Gasteiger partial charge in [-0.3, -0.25) is 4.79 Å². The van der Waals surface area contributed by atoms with Crippen LogP contribution in [0.15, 0.2) is 47.4 Å². The summed E-state index contributed by atoms with van der Waals surface area (Å²) in [7, 11) is 0. The van der Waals surface area contributed by atoms with E-state index in [9.17, 15) is 4.79 Å². The summed E-state index contributed by atoms with van der Waals surface area (Å²) < 4.78 is 7.64. The first kappa shape index (κ1) is 15.3. The maximum absolute atomic E-state index is 12.0. The van der Waals surface area contributed by atoms with Crippen LogP contribution in [-0.2, 0) is 13.2 Å². The molecule has 110 valence electrons. The molecule has 2 N–H and O–H groups in total. The number of aryl methyl sites for hydroxylation is 1. The monoisotopic (exact) mass is 302 g/mol. The molecule has 0 saturated heterocycles. The Labute approximate surface area is 129 Å². The van der Waals surface area contributed by atoms with Crippen LogP contribution in [0.2, 0.25) is 0 Å². The Balaban J connectivity index is 2.16. The van der Waals surface area contributed by atoms with Crippen molar-refractivity contribution in [3.8, 4) is 5.75 Å². The van der Waals surface area contributed by atoms with Gasteiger partial charge in [-0.05, 0) is 12.5 Å². The summed E-state index contributed by atoms with van der Waals surface area (Å²) in [6.45, 7) is 2.88. The van der Waals surface area contributed by atoms with E-state index >= 15 is 0 Å². The molecule has 0 unspecified atom stereocenters. The Morgan fingerprint density at radius 3 is 2.67 bits per heavy atom. The number of aromatic nitrogens is 1. The summed E-state index contributed by atoms with van der Waals surface area (Å²) in [5.41, 5.74) is 7.21. The largest absolute Gasteiger partial charge is 0.483 e. The van der Waals surface area contributed by atoms with E-state index in [4.69, 9.17) is 22.7 Å². The van der Waals surface area contributed by atoms with Gasteiger partial charge in [0.1, 0.15) is 6.61 Å². The van der Waals surface area contributed by atoms with Crippen molar-refractivity contribution in [1.82, 2.24) is 4.57 Å². The second-order valence-corrected chi connectivity index (χ2v) is 5.30. The summed E-state index contributed by atoms with van der Waals surface area (Å²) >= 11 is 4.88. The number of thiocarbonyl (C=S) groups is 1. The normalized spacial score (nSPS) is 10.3. The molecule has 0 saturated carbocycles. The Bertz CT molecular complexity index is 680. The summed E-state index contributed by atoms with van der Waals surface area (Å²) in [4.78, 5) is 12.4. The van der Waals surface area contributed by atoms with Gasteiger partial charge in [0.2, 0.25) is 5.43 Å². The van der Waals surface area contributed by atoms with Crippen LogP contribution in [0.25, 0.3) is 0 Å². The average Bonchev–Trinajstić information content (AvgIpc) is 2.47. The van der Waals surface area contributed by atoms with Crippen molar-refractivity contribution in [1.29, 1.82) is 0 Å². The molecular weight excluding hydrogens is 284 g/mol. The van der Waals surface area contributed by atoms with Crippen LogP contribution >= 0.6 is 12.2 Å². The molecule has 0 amide bonds. The van der Waals surface area contributed by atoms with E-state index in [2.05, 4.69) is 0 Å². The molecule has 0 aliphatic carbocycles. The SMILES string of the molecule is Cc1c(OCc2ccccc2)c(=O)ccn1CCC(N)=S. The van der Waals surface area contributed by atoms with Crippen LogP contribution in [0.1, 0.15) is 17.7 Å². The molecule has 0 fully saturated rings. The molecule has 1 aromatic heterocycles. The molecule has 1 heterocycles. The third kappa shape index (κ3) is 4.16.